The van der Waals surface area contributed by atoms with Gasteiger partial charge in [-0.3, -0.25) is 4.79 Å². The number of halogens is 3. The van der Waals surface area contributed by atoms with Crippen molar-refractivity contribution in [3.8, 4) is 0 Å². The maximum atomic E-state index is 13.7. The summed E-state index contributed by atoms with van der Waals surface area (Å²) in [5.74, 6) is -2.63. The molecule has 1 fully saturated rings. The van der Waals surface area contributed by atoms with Gasteiger partial charge in [-0.25, -0.2) is 8.78 Å². The third-order valence-electron chi connectivity index (χ3n) is 3.01. The van der Waals surface area contributed by atoms with Gasteiger partial charge in [0.25, 0.3) is 5.91 Å². The molecule has 0 bridgehead atoms. The van der Waals surface area contributed by atoms with Crippen LogP contribution in [0.25, 0.3) is 0 Å². The van der Waals surface area contributed by atoms with E-state index in [1.165, 1.54) is 17.9 Å². The number of nitrogens with zero attached hydrogens (tertiary/aromatic N) is 1. The third kappa shape index (κ3) is 2.14. The van der Waals surface area contributed by atoms with Crippen molar-refractivity contribution in [1.29, 1.82) is 0 Å². The van der Waals surface area contributed by atoms with Gasteiger partial charge in [0.2, 0.25) is 0 Å². The summed E-state index contributed by atoms with van der Waals surface area (Å²) in [7, 11) is 0. The molecule has 0 N–H and O–H groups in total. The van der Waals surface area contributed by atoms with Gasteiger partial charge in [0.1, 0.15) is 0 Å². The Bertz CT molecular complexity index is 470. The third-order valence-corrected chi connectivity index (χ3v) is 3.40. The molecule has 1 aromatic carbocycles. The summed E-state index contributed by atoms with van der Waals surface area (Å²) >= 11 is 5.76. The normalized spacial score (nSPS) is 15.4. The van der Waals surface area contributed by atoms with Crippen molar-refractivity contribution in [3.05, 3.63) is 33.9 Å². The van der Waals surface area contributed by atoms with E-state index in [4.69, 9.17) is 11.6 Å². The molecule has 1 aliphatic rings. The number of carbonyl (C=O) groups excluding carboxylic acids is 1. The van der Waals surface area contributed by atoms with Gasteiger partial charge in [-0.05, 0) is 25.8 Å². The van der Waals surface area contributed by atoms with E-state index in [1.54, 1.807) is 0 Å². The predicted octanol–water partition coefficient (Wildman–Crippen LogP) is 3.16. The van der Waals surface area contributed by atoms with Gasteiger partial charge in [-0.1, -0.05) is 11.6 Å². The fourth-order valence-corrected chi connectivity index (χ4v) is 2.12. The van der Waals surface area contributed by atoms with Gasteiger partial charge < -0.3 is 4.90 Å². The lowest BCUT2D eigenvalue weighted by Crippen LogP contribution is -2.28. The van der Waals surface area contributed by atoms with E-state index in [0.29, 0.717) is 13.1 Å². The van der Waals surface area contributed by atoms with Crippen LogP contribution in [0.15, 0.2) is 6.07 Å². The second-order valence-electron chi connectivity index (χ2n) is 4.16. The van der Waals surface area contributed by atoms with E-state index in [0.717, 1.165) is 12.8 Å². The van der Waals surface area contributed by atoms with Crippen molar-refractivity contribution in [2.45, 2.75) is 19.8 Å². The lowest BCUT2D eigenvalue weighted by atomic mass is 10.1. The van der Waals surface area contributed by atoms with Crippen LogP contribution in [0.2, 0.25) is 5.02 Å². The van der Waals surface area contributed by atoms with Crippen LogP contribution in [-0.4, -0.2) is 23.9 Å². The molecule has 17 heavy (non-hydrogen) atoms. The van der Waals surface area contributed by atoms with Crippen LogP contribution < -0.4 is 0 Å². The minimum atomic E-state index is -1.11. The Morgan fingerprint density at radius 3 is 2.47 bits per heavy atom. The van der Waals surface area contributed by atoms with E-state index < -0.39 is 17.5 Å². The average molecular weight is 260 g/mol. The lowest BCUT2D eigenvalue weighted by Gasteiger charge is -2.16. The van der Waals surface area contributed by atoms with Crippen LogP contribution in [0.5, 0.6) is 0 Å². The summed E-state index contributed by atoms with van der Waals surface area (Å²) in [5.41, 5.74) is -0.248. The Labute approximate surface area is 103 Å². The van der Waals surface area contributed by atoms with E-state index >= 15 is 0 Å². The monoisotopic (exact) mass is 259 g/mol. The summed E-state index contributed by atoms with van der Waals surface area (Å²) in [6, 6.07) is 1.20. The van der Waals surface area contributed by atoms with E-state index in [2.05, 4.69) is 0 Å². The Hall–Kier alpha value is -1.16. The molecule has 92 valence electrons. The highest BCUT2D eigenvalue weighted by atomic mass is 35.5. The molecule has 0 atom stereocenters. The summed E-state index contributed by atoms with van der Waals surface area (Å²) in [5, 5.41) is 0.0754. The van der Waals surface area contributed by atoms with Gasteiger partial charge >= 0.3 is 0 Å². The van der Waals surface area contributed by atoms with Crippen LogP contribution in [0.3, 0.4) is 0 Å². The quantitative estimate of drug-likeness (QED) is 0.710. The summed E-state index contributed by atoms with van der Waals surface area (Å²) < 4.78 is 27.1. The number of rotatable bonds is 1. The largest absolute Gasteiger partial charge is 0.339 e. The highest BCUT2D eigenvalue weighted by molar-refractivity contribution is 6.31. The van der Waals surface area contributed by atoms with E-state index in [9.17, 15) is 13.6 Å². The van der Waals surface area contributed by atoms with Crippen LogP contribution >= 0.6 is 11.6 Å². The second-order valence-corrected chi connectivity index (χ2v) is 4.57. The SMILES string of the molecule is Cc1c(Cl)cc(C(=O)N2CCCC2)c(F)c1F. The first kappa shape index (κ1) is 12.3. The Morgan fingerprint density at radius 1 is 1.29 bits per heavy atom. The maximum absolute atomic E-state index is 13.7. The molecular weight excluding hydrogens is 248 g/mol. The van der Waals surface area contributed by atoms with Gasteiger partial charge in [-0.15, -0.1) is 0 Å². The fourth-order valence-electron chi connectivity index (χ4n) is 1.93. The fraction of sp³-hybridized carbons (Fsp3) is 0.417. The van der Waals surface area contributed by atoms with Crippen molar-refractivity contribution >= 4 is 17.5 Å². The van der Waals surface area contributed by atoms with Crippen LogP contribution in [-0.2, 0) is 0 Å². The maximum Gasteiger partial charge on any atom is 0.256 e. The zero-order chi connectivity index (χ0) is 12.6. The minimum absolute atomic E-state index is 0.0298. The Morgan fingerprint density at radius 2 is 1.88 bits per heavy atom. The molecule has 1 aromatic rings. The minimum Gasteiger partial charge on any atom is -0.339 e. The van der Waals surface area contributed by atoms with Gasteiger partial charge in [0, 0.05) is 23.7 Å². The van der Waals surface area contributed by atoms with Crippen molar-refractivity contribution in [3.63, 3.8) is 0 Å². The van der Waals surface area contributed by atoms with Gasteiger partial charge in [-0.2, -0.15) is 0 Å². The zero-order valence-corrected chi connectivity index (χ0v) is 10.2. The predicted molar refractivity (Wildman–Crippen MR) is 61.2 cm³/mol. The number of amides is 1. The Kier molecular flexibility index (Phi) is 3.33. The van der Waals surface area contributed by atoms with Crippen molar-refractivity contribution < 1.29 is 13.6 Å². The topological polar surface area (TPSA) is 20.3 Å². The molecule has 1 heterocycles. The highest BCUT2D eigenvalue weighted by Crippen LogP contribution is 2.25. The molecule has 1 aliphatic heterocycles. The number of likely N-dealkylation sites (tertiary alicyclic amines) is 1. The molecular formula is C12H12ClF2NO. The molecule has 0 unspecified atom stereocenters. The van der Waals surface area contributed by atoms with Crippen molar-refractivity contribution in [1.82, 2.24) is 4.90 Å². The van der Waals surface area contributed by atoms with Crippen LogP contribution in [0.4, 0.5) is 8.78 Å². The lowest BCUT2D eigenvalue weighted by molar-refractivity contribution is 0.0787. The molecule has 0 spiro atoms. The summed E-state index contributed by atoms with van der Waals surface area (Å²) in [6.45, 7) is 2.56. The van der Waals surface area contributed by atoms with Gasteiger partial charge in [0.05, 0.1) is 5.56 Å². The summed E-state index contributed by atoms with van der Waals surface area (Å²) in [6.07, 6.45) is 1.80. The standard InChI is InChI=1S/C12H12ClF2NO/c1-7-9(13)6-8(11(15)10(7)14)12(17)16-4-2-3-5-16/h6H,2-5H2,1H3. The molecule has 5 heteroatoms. The second kappa shape index (κ2) is 4.61. The molecule has 0 aliphatic carbocycles. The molecule has 1 saturated heterocycles. The molecule has 2 rings (SSSR count). The van der Waals surface area contributed by atoms with Crippen LogP contribution in [0.1, 0.15) is 28.8 Å². The number of benzene rings is 1. The van der Waals surface area contributed by atoms with Crippen molar-refractivity contribution in [2.24, 2.45) is 0 Å². The molecule has 0 aromatic heterocycles. The molecule has 1 amide bonds. The van der Waals surface area contributed by atoms with E-state index in [-0.39, 0.29) is 16.1 Å². The highest BCUT2D eigenvalue weighted by Gasteiger charge is 2.25. The van der Waals surface area contributed by atoms with E-state index in [1.807, 2.05) is 0 Å². The first-order valence-corrected chi connectivity index (χ1v) is 5.83. The van der Waals surface area contributed by atoms with Crippen molar-refractivity contribution in [2.75, 3.05) is 13.1 Å². The first-order valence-electron chi connectivity index (χ1n) is 5.45. The summed E-state index contributed by atoms with van der Waals surface area (Å²) in [4.78, 5) is 13.5. The average Bonchev–Trinajstić information content (AvgIpc) is 2.84. The smallest absolute Gasteiger partial charge is 0.256 e. The first-order chi connectivity index (χ1) is 8.02. The number of hydrogen-bond acceptors (Lipinski definition) is 1. The molecule has 0 radical (unpaired) electrons. The van der Waals surface area contributed by atoms with Gasteiger partial charge in [0.15, 0.2) is 11.6 Å². The molecule has 0 saturated carbocycles. The number of carbonyl (C=O) groups is 1. The Balaban J connectivity index is 2.41. The number of hydrogen-bond donors (Lipinski definition) is 0. The van der Waals surface area contributed by atoms with Crippen LogP contribution in [0, 0.1) is 18.6 Å². The zero-order valence-electron chi connectivity index (χ0n) is 9.40. The molecule has 2 nitrogen and oxygen atoms in total.